The van der Waals surface area contributed by atoms with E-state index in [4.69, 9.17) is 4.74 Å². The molecule has 0 radical (unpaired) electrons. The lowest BCUT2D eigenvalue weighted by molar-refractivity contribution is 0.243. The molecule has 0 aliphatic heterocycles. The number of nitrogens with zero attached hydrogens (tertiary/aromatic N) is 3. The summed E-state index contributed by atoms with van der Waals surface area (Å²) in [7, 11) is 0. The molecule has 0 bridgehead atoms. The van der Waals surface area contributed by atoms with Crippen molar-refractivity contribution >= 4 is 0 Å². The summed E-state index contributed by atoms with van der Waals surface area (Å²) in [6, 6.07) is 7.71. The van der Waals surface area contributed by atoms with Crippen LogP contribution in [0.15, 0.2) is 36.7 Å². The van der Waals surface area contributed by atoms with E-state index in [9.17, 15) is 0 Å². The van der Waals surface area contributed by atoms with Gasteiger partial charge in [0.1, 0.15) is 0 Å². The molecule has 0 N–H and O–H groups in total. The average molecular weight is 283 g/mol. The van der Waals surface area contributed by atoms with Crippen molar-refractivity contribution in [1.82, 2.24) is 14.8 Å². The zero-order valence-electron chi connectivity index (χ0n) is 12.2. The third kappa shape index (κ3) is 3.09. The lowest BCUT2D eigenvalue weighted by atomic mass is 9.95. The van der Waals surface area contributed by atoms with E-state index in [0.29, 0.717) is 5.88 Å². The molecule has 2 aliphatic rings. The van der Waals surface area contributed by atoms with Crippen LogP contribution in [0.5, 0.6) is 5.88 Å². The highest BCUT2D eigenvalue weighted by molar-refractivity contribution is 5.22. The number of rotatable bonds is 7. The minimum Gasteiger partial charge on any atom is -0.477 e. The van der Waals surface area contributed by atoms with Crippen LogP contribution < -0.4 is 4.74 Å². The highest BCUT2D eigenvalue weighted by Gasteiger charge is 2.40. The van der Waals surface area contributed by atoms with Crippen molar-refractivity contribution in [3.05, 3.63) is 36.7 Å². The van der Waals surface area contributed by atoms with Crippen LogP contribution in [-0.4, -0.2) is 21.4 Å². The van der Waals surface area contributed by atoms with Crippen LogP contribution in [0.25, 0.3) is 5.82 Å². The van der Waals surface area contributed by atoms with Crippen LogP contribution >= 0.6 is 0 Å². The van der Waals surface area contributed by atoms with E-state index in [2.05, 4.69) is 10.1 Å². The smallest absolute Gasteiger partial charge is 0.233 e. The molecule has 2 aromatic rings. The number of pyridine rings is 1. The minimum atomic E-state index is 0.700. The van der Waals surface area contributed by atoms with E-state index in [-0.39, 0.29) is 0 Å². The molecule has 2 saturated carbocycles. The number of hydrogen-bond donors (Lipinski definition) is 0. The molecule has 0 saturated heterocycles. The first-order valence-corrected chi connectivity index (χ1v) is 8.00. The van der Waals surface area contributed by atoms with E-state index in [1.807, 2.05) is 30.5 Å². The number of aromatic nitrogens is 3. The van der Waals surface area contributed by atoms with Crippen LogP contribution in [-0.2, 0) is 0 Å². The van der Waals surface area contributed by atoms with Crippen molar-refractivity contribution < 1.29 is 4.74 Å². The Morgan fingerprint density at radius 2 is 1.95 bits per heavy atom. The van der Waals surface area contributed by atoms with Crippen LogP contribution in [0.4, 0.5) is 0 Å². The molecule has 0 aromatic carbocycles. The third-order valence-corrected chi connectivity index (χ3v) is 4.60. The van der Waals surface area contributed by atoms with Gasteiger partial charge in [-0.3, -0.25) is 0 Å². The molecule has 2 aliphatic carbocycles. The van der Waals surface area contributed by atoms with Crippen LogP contribution in [0.1, 0.15) is 32.1 Å². The fourth-order valence-corrected chi connectivity index (χ4v) is 3.21. The summed E-state index contributed by atoms with van der Waals surface area (Å²) >= 11 is 0. The molecule has 4 heteroatoms. The van der Waals surface area contributed by atoms with Gasteiger partial charge in [-0.2, -0.15) is 0 Å². The van der Waals surface area contributed by atoms with Gasteiger partial charge in [0, 0.05) is 18.5 Å². The van der Waals surface area contributed by atoms with Crippen molar-refractivity contribution in [2.45, 2.75) is 32.1 Å². The summed E-state index contributed by atoms with van der Waals surface area (Å²) in [6.45, 7) is 0.789. The second-order valence-electron chi connectivity index (χ2n) is 6.26. The fourth-order valence-electron chi connectivity index (χ4n) is 3.21. The lowest BCUT2D eigenvalue weighted by Crippen LogP contribution is -2.11. The Morgan fingerprint density at radius 1 is 1.14 bits per heavy atom. The zero-order chi connectivity index (χ0) is 14.1. The van der Waals surface area contributed by atoms with Gasteiger partial charge in [0.15, 0.2) is 5.82 Å². The maximum Gasteiger partial charge on any atom is 0.233 e. The molecule has 4 nitrogen and oxygen atoms in total. The Balaban J connectivity index is 1.32. The van der Waals surface area contributed by atoms with Gasteiger partial charge >= 0.3 is 0 Å². The predicted molar refractivity (Wildman–Crippen MR) is 80.4 cm³/mol. The summed E-state index contributed by atoms with van der Waals surface area (Å²) in [5.74, 6) is 4.41. The Labute approximate surface area is 125 Å². The molecule has 2 heterocycles. The standard InChI is InChI=1S/C17H21N3O/c1-2-10-18-16(3-1)20-11-8-17(19-20)21-12-9-15(13-4-5-13)14-6-7-14/h1-3,8,10-11,13-15H,4-7,9,12H2. The first-order valence-electron chi connectivity index (χ1n) is 8.00. The zero-order valence-corrected chi connectivity index (χ0v) is 12.2. The summed E-state index contributed by atoms with van der Waals surface area (Å²) in [6.07, 6.45) is 10.6. The monoisotopic (exact) mass is 283 g/mol. The quantitative estimate of drug-likeness (QED) is 0.781. The fraction of sp³-hybridized carbons (Fsp3) is 0.529. The van der Waals surface area contributed by atoms with E-state index >= 15 is 0 Å². The van der Waals surface area contributed by atoms with Gasteiger partial charge in [0.05, 0.1) is 6.61 Å². The topological polar surface area (TPSA) is 39.9 Å². The first-order chi connectivity index (χ1) is 10.4. The van der Waals surface area contributed by atoms with Crippen LogP contribution in [0.2, 0.25) is 0 Å². The Kier molecular flexibility index (Phi) is 3.37. The van der Waals surface area contributed by atoms with E-state index in [1.54, 1.807) is 10.9 Å². The molecule has 2 aromatic heterocycles. The summed E-state index contributed by atoms with van der Waals surface area (Å²) < 4.78 is 7.59. The van der Waals surface area contributed by atoms with Gasteiger partial charge in [-0.25, -0.2) is 9.67 Å². The first kappa shape index (κ1) is 12.9. The van der Waals surface area contributed by atoms with Crippen LogP contribution in [0.3, 0.4) is 0 Å². The molecule has 0 unspecified atom stereocenters. The Bertz CT molecular complexity index is 575. The molecular weight excluding hydrogens is 262 g/mol. The molecule has 2 fully saturated rings. The van der Waals surface area contributed by atoms with Gasteiger partial charge in [0.25, 0.3) is 0 Å². The van der Waals surface area contributed by atoms with E-state index in [1.165, 1.54) is 32.1 Å². The molecule has 4 rings (SSSR count). The second-order valence-corrected chi connectivity index (χ2v) is 6.26. The van der Waals surface area contributed by atoms with Crippen LogP contribution in [0, 0.1) is 17.8 Å². The van der Waals surface area contributed by atoms with Gasteiger partial charge < -0.3 is 4.74 Å². The van der Waals surface area contributed by atoms with Crippen molar-refractivity contribution in [1.29, 1.82) is 0 Å². The van der Waals surface area contributed by atoms with Crippen molar-refractivity contribution in [2.24, 2.45) is 17.8 Å². The largest absolute Gasteiger partial charge is 0.477 e. The summed E-state index contributed by atoms with van der Waals surface area (Å²) in [5, 5.41) is 4.43. The van der Waals surface area contributed by atoms with Gasteiger partial charge in [-0.05, 0) is 62.0 Å². The van der Waals surface area contributed by atoms with Crippen molar-refractivity contribution in [3.8, 4) is 11.7 Å². The van der Waals surface area contributed by atoms with Gasteiger partial charge in [-0.15, -0.1) is 5.10 Å². The number of ether oxygens (including phenoxy) is 1. The summed E-state index contributed by atoms with van der Waals surface area (Å²) in [5.41, 5.74) is 0. The SMILES string of the molecule is c1ccc(-n2ccc(OCCC(C3CC3)C3CC3)n2)nc1. The summed E-state index contributed by atoms with van der Waals surface area (Å²) in [4.78, 5) is 4.28. The molecule has 0 atom stereocenters. The molecular formula is C17H21N3O. The highest BCUT2D eigenvalue weighted by atomic mass is 16.5. The van der Waals surface area contributed by atoms with Crippen molar-refractivity contribution in [3.63, 3.8) is 0 Å². The lowest BCUT2D eigenvalue weighted by Gasteiger charge is -2.14. The van der Waals surface area contributed by atoms with Gasteiger partial charge in [-0.1, -0.05) is 6.07 Å². The van der Waals surface area contributed by atoms with E-state index < -0.39 is 0 Å². The minimum absolute atomic E-state index is 0.700. The third-order valence-electron chi connectivity index (χ3n) is 4.60. The molecule has 0 amide bonds. The normalized spacial score (nSPS) is 18.1. The van der Waals surface area contributed by atoms with Crippen molar-refractivity contribution in [2.75, 3.05) is 6.61 Å². The molecule has 21 heavy (non-hydrogen) atoms. The molecule has 0 spiro atoms. The molecule has 110 valence electrons. The Hall–Kier alpha value is -1.84. The second kappa shape index (κ2) is 5.51. The van der Waals surface area contributed by atoms with E-state index in [0.717, 1.165) is 30.2 Å². The highest BCUT2D eigenvalue weighted by Crippen LogP contribution is 2.50. The number of hydrogen-bond acceptors (Lipinski definition) is 3. The average Bonchev–Trinajstić information content (AvgIpc) is 3.45. The maximum atomic E-state index is 5.83. The maximum absolute atomic E-state index is 5.83. The Morgan fingerprint density at radius 3 is 2.62 bits per heavy atom. The van der Waals surface area contributed by atoms with Gasteiger partial charge in [0.2, 0.25) is 5.88 Å². The predicted octanol–water partition coefficient (Wildman–Crippen LogP) is 3.47.